The summed E-state index contributed by atoms with van der Waals surface area (Å²) in [5, 5.41) is 3.25. The highest BCUT2D eigenvalue weighted by Gasteiger charge is 2.40. The second kappa shape index (κ2) is 6.74. The van der Waals surface area contributed by atoms with E-state index in [2.05, 4.69) is 5.32 Å². The quantitative estimate of drug-likeness (QED) is 0.848. The summed E-state index contributed by atoms with van der Waals surface area (Å²) in [7, 11) is 0. The zero-order valence-corrected chi connectivity index (χ0v) is 13.4. The molecule has 1 saturated heterocycles. The summed E-state index contributed by atoms with van der Waals surface area (Å²) < 4.78 is 39.4. The van der Waals surface area contributed by atoms with E-state index in [0.717, 1.165) is 29.4 Å². The number of hydrogen-bond acceptors (Lipinski definition) is 3. The van der Waals surface area contributed by atoms with Crippen molar-refractivity contribution in [3.8, 4) is 0 Å². The predicted octanol–water partition coefficient (Wildman–Crippen LogP) is 3.31. The van der Waals surface area contributed by atoms with Crippen molar-refractivity contribution in [1.82, 2.24) is 5.32 Å². The molecule has 1 aliphatic carbocycles. The van der Waals surface area contributed by atoms with Gasteiger partial charge in [-0.05, 0) is 24.1 Å². The molecule has 1 aliphatic heterocycles. The minimum Gasteiger partial charge on any atom is -0.353 e. The lowest BCUT2D eigenvalue weighted by Crippen LogP contribution is -2.30. The molecule has 3 atom stereocenters. The number of nitrogens with one attached hydrogen (secondary N) is 1. The number of hydrogen-bond donors (Lipinski definition) is 1. The second-order valence-electron chi connectivity index (χ2n) is 5.59. The summed E-state index contributed by atoms with van der Waals surface area (Å²) in [5.74, 6) is -0.752. The monoisotopic (exact) mass is 347 g/mol. The van der Waals surface area contributed by atoms with Crippen molar-refractivity contribution in [2.24, 2.45) is 0 Å². The maximum atomic E-state index is 13.2. The van der Waals surface area contributed by atoms with Gasteiger partial charge in [-0.1, -0.05) is 0 Å². The van der Waals surface area contributed by atoms with Gasteiger partial charge >= 0.3 is 0 Å². The maximum Gasteiger partial charge on any atom is 0.221 e. The average molecular weight is 347 g/mol. The zero-order valence-electron chi connectivity index (χ0n) is 11.8. The lowest BCUT2D eigenvalue weighted by molar-refractivity contribution is -0.121. The van der Waals surface area contributed by atoms with Crippen LogP contribution in [0.5, 0.6) is 0 Å². The van der Waals surface area contributed by atoms with Gasteiger partial charge in [0.05, 0.1) is 0 Å². The number of halogens is 3. The zero-order chi connectivity index (χ0) is 15.7. The highest BCUT2D eigenvalue weighted by atomic mass is 32.2. The smallest absolute Gasteiger partial charge is 0.221 e. The molecule has 2 fully saturated rings. The molecule has 1 N–H and O–H groups in total. The number of benzene rings is 1. The Kier molecular flexibility index (Phi) is 4.92. The molecule has 1 heterocycles. The van der Waals surface area contributed by atoms with Crippen LogP contribution in [0.4, 0.5) is 13.2 Å². The van der Waals surface area contributed by atoms with Crippen molar-refractivity contribution in [3.05, 3.63) is 35.1 Å². The van der Waals surface area contributed by atoms with Gasteiger partial charge in [0.1, 0.15) is 0 Å². The van der Waals surface area contributed by atoms with E-state index in [9.17, 15) is 18.0 Å². The van der Waals surface area contributed by atoms with Crippen LogP contribution in [0.3, 0.4) is 0 Å². The molecule has 1 saturated carbocycles. The van der Waals surface area contributed by atoms with E-state index in [1.165, 1.54) is 0 Å². The Bertz CT molecular complexity index is 555. The van der Waals surface area contributed by atoms with Gasteiger partial charge in [0.25, 0.3) is 0 Å². The molecule has 120 valence electrons. The Labute approximate surface area is 135 Å². The number of carbonyl (C=O) groups excluding carboxylic acids is 1. The molecular formula is C15H16F3NOS2. The van der Waals surface area contributed by atoms with E-state index in [1.807, 2.05) is 23.5 Å². The average Bonchev–Trinajstić information content (AvgIpc) is 3.24. The predicted molar refractivity (Wildman–Crippen MR) is 83.8 cm³/mol. The topological polar surface area (TPSA) is 29.1 Å². The van der Waals surface area contributed by atoms with Crippen molar-refractivity contribution >= 4 is 29.4 Å². The van der Waals surface area contributed by atoms with E-state index in [0.29, 0.717) is 23.7 Å². The van der Waals surface area contributed by atoms with E-state index < -0.39 is 17.5 Å². The Morgan fingerprint density at radius 1 is 1.23 bits per heavy atom. The van der Waals surface area contributed by atoms with E-state index >= 15 is 0 Å². The van der Waals surface area contributed by atoms with Crippen LogP contribution in [0.2, 0.25) is 0 Å². The highest BCUT2D eigenvalue weighted by molar-refractivity contribution is 8.06. The van der Waals surface area contributed by atoms with Crippen molar-refractivity contribution < 1.29 is 18.0 Å². The van der Waals surface area contributed by atoms with Gasteiger partial charge < -0.3 is 5.32 Å². The van der Waals surface area contributed by atoms with Crippen LogP contribution in [0, 0.1) is 17.5 Å². The highest BCUT2D eigenvalue weighted by Crippen LogP contribution is 2.41. The SMILES string of the molecule is O=C(C[C@@H]1CSCCS1)N[C@@H]1C[C@H]1c1cc(F)c(F)c(F)c1. The molecule has 1 aromatic rings. The van der Waals surface area contributed by atoms with Gasteiger partial charge in [-0.3, -0.25) is 4.79 Å². The van der Waals surface area contributed by atoms with Gasteiger partial charge in [-0.25, -0.2) is 13.2 Å². The first-order chi connectivity index (χ1) is 10.5. The van der Waals surface area contributed by atoms with Gasteiger partial charge in [0, 0.05) is 40.9 Å². The molecule has 7 heteroatoms. The number of thioether (sulfide) groups is 2. The van der Waals surface area contributed by atoms with Crippen molar-refractivity contribution in [3.63, 3.8) is 0 Å². The molecule has 0 bridgehead atoms. The third-order valence-corrected chi connectivity index (χ3v) is 6.71. The van der Waals surface area contributed by atoms with Gasteiger partial charge in [0.15, 0.2) is 17.5 Å². The Balaban J connectivity index is 1.52. The summed E-state index contributed by atoms with van der Waals surface area (Å²) in [5.41, 5.74) is 0.407. The summed E-state index contributed by atoms with van der Waals surface area (Å²) >= 11 is 3.68. The minimum atomic E-state index is -1.45. The Hall–Kier alpha value is -0.820. The summed E-state index contributed by atoms with van der Waals surface area (Å²) in [4.78, 5) is 12.0. The van der Waals surface area contributed by atoms with Crippen LogP contribution < -0.4 is 5.32 Å². The second-order valence-corrected chi connectivity index (χ2v) is 8.14. The molecule has 2 nitrogen and oxygen atoms in total. The first-order valence-corrected chi connectivity index (χ1v) is 9.38. The summed E-state index contributed by atoms with van der Waals surface area (Å²) in [6.07, 6.45) is 1.12. The van der Waals surface area contributed by atoms with Crippen LogP contribution in [0.1, 0.15) is 24.3 Å². The minimum absolute atomic E-state index is 0.0180. The molecule has 22 heavy (non-hydrogen) atoms. The first kappa shape index (κ1) is 16.1. The molecule has 3 rings (SSSR count). The lowest BCUT2D eigenvalue weighted by atomic mass is 10.1. The molecule has 1 amide bonds. The molecule has 0 spiro atoms. The van der Waals surface area contributed by atoms with Crippen molar-refractivity contribution in [2.75, 3.05) is 17.3 Å². The molecule has 0 unspecified atom stereocenters. The number of carbonyl (C=O) groups is 1. The fourth-order valence-corrected chi connectivity index (χ4v) is 5.32. The van der Waals surface area contributed by atoms with Crippen LogP contribution in [-0.2, 0) is 4.79 Å². The maximum absolute atomic E-state index is 13.2. The van der Waals surface area contributed by atoms with Crippen LogP contribution in [-0.4, -0.2) is 34.5 Å². The normalized spacial score (nSPS) is 27.5. The molecular weight excluding hydrogens is 331 g/mol. The largest absolute Gasteiger partial charge is 0.353 e. The van der Waals surface area contributed by atoms with Crippen LogP contribution in [0.15, 0.2) is 12.1 Å². The van der Waals surface area contributed by atoms with Crippen molar-refractivity contribution in [1.29, 1.82) is 0 Å². The fourth-order valence-electron chi connectivity index (χ4n) is 2.64. The van der Waals surface area contributed by atoms with Crippen LogP contribution >= 0.6 is 23.5 Å². The van der Waals surface area contributed by atoms with E-state index in [4.69, 9.17) is 0 Å². The number of amides is 1. The van der Waals surface area contributed by atoms with Gasteiger partial charge in [-0.15, -0.1) is 0 Å². The van der Waals surface area contributed by atoms with Gasteiger partial charge in [0.2, 0.25) is 5.91 Å². The third-order valence-electron chi connectivity index (χ3n) is 3.87. The lowest BCUT2D eigenvalue weighted by Gasteiger charge is -2.20. The van der Waals surface area contributed by atoms with Crippen LogP contribution in [0.25, 0.3) is 0 Å². The van der Waals surface area contributed by atoms with E-state index in [1.54, 1.807) is 0 Å². The molecule has 2 aliphatic rings. The first-order valence-electron chi connectivity index (χ1n) is 7.17. The van der Waals surface area contributed by atoms with Crippen molar-refractivity contribution in [2.45, 2.75) is 30.1 Å². The third kappa shape index (κ3) is 3.74. The Morgan fingerprint density at radius 2 is 1.95 bits per heavy atom. The fraction of sp³-hybridized carbons (Fsp3) is 0.533. The van der Waals surface area contributed by atoms with Gasteiger partial charge in [-0.2, -0.15) is 23.5 Å². The Morgan fingerprint density at radius 3 is 2.59 bits per heavy atom. The standard InChI is InChI=1S/C15H16F3NOS2/c16-11-3-8(4-12(17)15(11)18)10-6-13(10)19-14(20)5-9-7-21-1-2-22-9/h3-4,9-10,13H,1-2,5-7H2,(H,19,20)/t9-,10+,13-/m1/s1. The molecule has 1 aromatic carbocycles. The summed E-state index contributed by atoms with van der Waals surface area (Å²) in [6, 6.07) is 1.93. The molecule has 0 radical (unpaired) electrons. The summed E-state index contributed by atoms with van der Waals surface area (Å²) in [6.45, 7) is 0. The molecule has 0 aromatic heterocycles. The van der Waals surface area contributed by atoms with E-state index in [-0.39, 0.29) is 17.9 Å². The number of rotatable bonds is 4.